The molecule has 1 atom stereocenters. The number of carbonyl (C=O) groups excluding carboxylic acids is 1. The van der Waals surface area contributed by atoms with Crippen LogP contribution in [0.1, 0.15) is 11.6 Å². The highest BCUT2D eigenvalue weighted by molar-refractivity contribution is 9.10. The van der Waals surface area contributed by atoms with Crippen molar-refractivity contribution in [1.29, 1.82) is 0 Å². The van der Waals surface area contributed by atoms with E-state index >= 15 is 0 Å². The number of rotatable bonds is 2. The van der Waals surface area contributed by atoms with Gasteiger partial charge in [-0.3, -0.25) is 4.79 Å². The normalized spacial score (nSPS) is 11.5. The summed E-state index contributed by atoms with van der Waals surface area (Å²) in [4.78, 5) is 11.1. The van der Waals surface area contributed by atoms with Crippen LogP contribution in [0.3, 0.4) is 0 Å². The van der Waals surface area contributed by atoms with E-state index in [-0.39, 0.29) is 22.4 Å². The minimum absolute atomic E-state index is 0. The van der Waals surface area contributed by atoms with Gasteiger partial charge in [-0.15, -0.1) is 12.4 Å². The number of ether oxygens (including phenoxy) is 1. The van der Waals surface area contributed by atoms with E-state index in [1.807, 2.05) is 0 Å². The quantitative estimate of drug-likeness (QED) is 0.818. The number of halogens is 3. The average molecular weight is 315 g/mol. The van der Waals surface area contributed by atoms with Crippen LogP contribution in [-0.2, 0) is 9.53 Å². The topological polar surface area (TPSA) is 72.5 Å². The molecule has 0 aliphatic rings. The monoisotopic (exact) mass is 313 g/mol. The third-order valence-electron chi connectivity index (χ3n) is 1.89. The SMILES string of the molecule is COC(=O)[C@@H](N)c1ccc(F)c(Br)c1O.Cl. The number of benzene rings is 1. The summed E-state index contributed by atoms with van der Waals surface area (Å²) in [5.41, 5.74) is 5.60. The standard InChI is InChI=1S/C9H9BrFNO3.ClH/c1-15-9(14)7(12)4-2-3-5(11)6(10)8(4)13;/h2-3,7,13H,12H2,1H3;1H/t7-;/m0./s1. The van der Waals surface area contributed by atoms with Gasteiger partial charge < -0.3 is 15.6 Å². The maximum absolute atomic E-state index is 12.9. The fourth-order valence-electron chi connectivity index (χ4n) is 1.06. The van der Waals surface area contributed by atoms with Crippen LogP contribution < -0.4 is 5.73 Å². The first-order chi connectivity index (χ1) is 6.99. The molecule has 7 heteroatoms. The maximum atomic E-state index is 12.9. The third-order valence-corrected chi connectivity index (χ3v) is 2.64. The zero-order valence-corrected chi connectivity index (χ0v) is 10.6. The van der Waals surface area contributed by atoms with E-state index in [0.717, 1.165) is 6.07 Å². The van der Waals surface area contributed by atoms with E-state index in [2.05, 4.69) is 20.7 Å². The van der Waals surface area contributed by atoms with Gasteiger partial charge in [-0.25, -0.2) is 4.39 Å². The van der Waals surface area contributed by atoms with Gasteiger partial charge in [0.15, 0.2) is 0 Å². The summed E-state index contributed by atoms with van der Waals surface area (Å²) in [6.45, 7) is 0. The molecule has 0 aromatic heterocycles. The molecule has 0 aliphatic carbocycles. The number of carbonyl (C=O) groups is 1. The predicted octanol–water partition coefficient (Wildman–Crippen LogP) is 1.89. The van der Waals surface area contributed by atoms with Gasteiger partial charge in [0, 0.05) is 5.56 Å². The molecule has 0 radical (unpaired) electrons. The number of hydrogen-bond donors (Lipinski definition) is 2. The molecule has 0 heterocycles. The number of nitrogens with two attached hydrogens (primary N) is 1. The minimum Gasteiger partial charge on any atom is -0.506 e. The van der Waals surface area contributed by atoms with Gasteiger partial charge >= 0.3 is 5.97 Å². The Morgan fingerprint density at radius 3 is 2.69 bits per heavy atom. The molecule has 1 rings (SSSR count). The fourth-order valence-corrected chi connectivity index (χ4v) is 1.42. The van der Waals surface area contributed by atoms with Crippen molar-refractivity contribution < 1.29 is 19.0 Å². The van der Waals surface area contributed by atoms with E-state index in [1.165, 1.54) is 13.2 Å². The number of phenols is 1. The lowest BCUT2D eigenvalue weighted by atomic mass is 10.1. The van der Waals surface area contributed by atoms with Gasteiger partial charge in [0.25, 0.3) is 0 Å². The third kappa shape index (κ3) is 2.84. The summed E-state index contributed by atoms with van der Waals surface area (Å²) in [7, 11) is 1.18. The molecule has 0 amide bonds. The van der Waals surface area contributed by atoms with Gasteiger partial charge in [-0.1, -0.05) is 6.07 Å². The molecular weight excluding hydrogens is 304 g/mol. The molecule has 0 fully saturated rings. The molecule has 1 aromatic carbocycles. The lowest BCUT2D eigenvalue weighted by molar-refractivity contribution is -0.142. The Labute approximate surface area is 106 Å². The molecule has 3 N–H and O–H groups in total. The summed E-state index contributed by atoms with van der Waals surface area (Å²) in [5.74, 6) is -1.73. The molecule has 0 saturated heterocycles. The average Bonchev–Trinajstić information content (AvgIpc) is 2.24. The minimum atomic E-state index is -1.13. The lowest BCUT2D eigenvalue weighted by Gasteiger charge is -2.12. The Hall–Kier alpha value is -0.850. The van der Waals surface area contributed by atoms with Gasteiger partial charge in [0.05, 0.1) is 11.6 Å². The summed E-state index contributed by atoms with van der Waals surface area (Å²) in [6, 6.07) is 1.20. The molecule has 0 unspecified atom stereocenters. The molecule has 0 saturated carbocycles. The van der Waals surface area contributed by atoms with Crippen LogP contribution in [0.4, 0.5) is 4.39 Å². The Balaban J connectivity index is 0.00000225. The smallest absolute Gasteiger partial charge is 0.327 e. The van der Waals surface area contributed by atoms with Crippen LogP contribution in [0, 0.1) is 5.82 Å². The van der Waals surface area contributed by atoms with E-state index in [4.69, 9.17) is 5.73 Å². The van der Waals surface area contributed by atoms with E-state index < -0.39 is 23.6 Å². The summed E-state index contributed by atoms with van der Waals surface area (Å²) in [6.07, 6.45) is 0. The molecule has 0 spiro atoms. The van der Waals surface area contributed by atoms with Crippen LogP contribution in [0.5, 0.6) is 5.75 Å². The highest BCUT2D eigenvalue weighted by Gasteiger charge is 2.22. The molecular formula is C9H10BrClFNO3. The lowest BCUT2D eigenvalue weighted by Crippen LogP contribution is -2.22. The van der Waals surface area contributed by atoms with Crippen LogP contribution in [0.15, 0.2) is 16.6 Å². The number of phenolic OH excluding ortho intramolecular Hbond substituents is 1. The summed E-state index contributed by atoms with van der Waals surface area (Å²) >= 11 is 2.84. The molecule has 0 aliphatic heterocycles. The maximum Gasteiger partial charge on any atom is 0.327 e. The fraction of sp³-hybridized carbons (Fsp3) is 0.222. The number of esters is 1. The van der Waals surface area contributed by atoms with Crippen molar-refractivity contribution in [2.24, 2.45) is 5.73 Å². The van der Waals surface area contributed by atoms with Crippen molar-refractivity contribution >= 4 is 34.3 Å². The Kier molecular flexibility index (Phi) is 5.71. The first-order valence-electron chi connectivity index (χ1n) is 3.99. The van der Waals surface area contributed by atoms with Crippen molar-refractivity contribution in [3.05, 3.63) is 28.0 Å². The van der Waals surface area contributed by atoms with Crippen molar-refractivity contribution in [2.75, 3.05) is 7.11 Å². The highest BCUT2D eigenvalue weighted by atomic mass is 79.9. The molecule has 4 nitrogen and oxygen atoms in total. The second kappa shape index (κ2) is 6.03. The van der Waals surface area contributed by atoms with Crippen molar-refractivity contribution in [2.45, 2.75) is 6.04 Å². The predicted molar refractivity (Wildman–Crippen MR) is 62.0 cm³/mol. The molecule has 0 bridgehead atoms. The van der Waals surface area contributed by atoms with Gasteiger partial charge in [0.1, 0.15) is 17.6 Å². The van der Waals surface area contributed by atoms with Crippen molar-refractivity contribution in [3.8, 4) is 5.75 Å². The number of hydrogen-bond acceptors (Lipinski definition) is 4. The second-order valence-electron chi connectivity index (χ2n) is 2.80. The van der Waals surface area contributed by atoms with Gasteiger partial charge in [-0.05, 0) is 22.0 Å². The Morgan fingerprint density at radius 2 is 2.19 bits per heavy atom. The van der Waals surface area contributed by atoms with Gasteiger partial charge in [0.2, 0.25) is 0 Å². The first kappa shape index (κ1) is 15.2. The zero-order valence-electron chi connectivity index (χ0n) is 8.24. The van der Waals surface area contributed by atoms with Crippen LogP contribution >= 0.6 is 28.3 Å². The van der Waals surface area contributed by atoms with Crippen molar-refractivity contribution in [1.82, 2.24) is 0 Å². The molecule has 90 valence electrons. The first-order valence-corrected chi connectivity index (χ1v) is 4.78. The summed E-state index contributed by atoms with van der Waals surface area (Å²) in [5, 5.41) is 9.52. The van der Waals surface area contributed by atoms with E-state index in [1.54, 1.807) is 0 Å². The molecule has 1 aromatic rings. The van der Waals surface area contributed by atoms with E-state index in [0.29, 0.717) is 0 Å². The van der Waals surface area contributed by atoms with Crippen LogP contribution in [0.25, 0.3) is 0 Å². The largest absolute Gasteiger partial charge is 0.506 e. The summed E-state index contributed by atoms with van der Waals surface area (Å²) < 4.78 is 17.2. The van der Waals surface area contributed by atoms with Crippen molar-refractivity contribution in [3.63, 3.8) is 0 Å². The van der Waals surface area contributed by atoms with Crippen LogP contribution in [0.2, 0.25) is 0 Å². The second-order valence-corrected chi connectivity index (χ2v) is 3.59. The Bertz CT molecular complexity index is 403. The van der Waals surface area contributed by atoms with Gasteiger partial charge in [-0.2, -0.15) is 0 Å². The van der Waals surface area contributed by atoms with Crippen LogP contribution in [-0.4, -0.2) is 18.2 Å². The number of aromatic hydroxyl groups is 1. The number of methoxy groups -OCH3 is 1. The Morgan fingerprint density at radius 1 is 1.62 bits per heavy atom. The van der Waals surface area contributed by atoms with E-state index in [9.17, 15) is 14.3 Å². The zero-order chi connectivity index (χ0) is 11.6. The highest BCUT2D eigenvalue weighted by Crippen LogP contribution is 2.33. The molecule has 16 heavy (non-hydrogen) atoms.